The normalized spacial score (nSPS) is 18.9. The van der Waals surface area contributed by atoms with Crippen molar-refractivity contribution in [2.24, 2.45) is 0 Å². The smallest absolute Gasteiger partial charge is 0.160 e. The van der Waals surface area contributed by atoms with Gasteiger partial charge in [0, 0.05) is 18.5 Å². The van der Waals surface area contributed by atoms with Crippen molar-refractivity contribution in [3.05, 3.63) is 47.0 Å². The van der Waals surface area contributed by atoms with Crippen LogP contribution in [0.3, 0.4) is 0 Å². The van der Waals surface area contributed by atoms with Crippen LogP contribution in [0.5, 0.6) is 23.0 Å². The van der Waals surface area contributed by atoms with Gasteiger partial charge in [0.2, 0.25) is 0 Å². The number of fused-ring (bicyclic) bond motifs is 3. The van der Waals surface area contributed by atoms with E-state index in [0.29, 0.717) is 25.3 Å². The van der Waals surface area contributed by atoms with Crippen molar-refractivity contribution in [2.75, 3.05) is 27.6 Å². The van der Waals surface area contributed by atoms with Crippen molar-refractivity contribution in [2.45, 2.75) is 38.8 Å². The molecule has 0 amide bonds. The first kappa shape index (κ1) is 18.0. The van der Waals surface area contributed by atoms with Gasteiger partial charge in [-0.15, -0.1) is 0 Å². The maximum atomic E-state index is 6.27. The topological polar surface area (TPSA) is 40.2 Å². The molecule has 0 aromatic heterocycles. The summed E-state index contributed by atoms with van der Waals surface area (Å²) in [7, 11) is 3.32. The molecule has 0 N–H and O–H groups in total. The van der Waals surface area contributed by atoms with E-state index in [1.165, 1.54) is 16.7 Å². The Kier molecular flexibility index (Phi) is 4.87. The molecule has 0 aliphatic carbocycles. The van der Waals surface area contributed by atoms with Crippen molar-refractivity contribution in [1.29, 1.82) is 0 Å². The van der Waals surface area contributed by atoms with E-state index < -0.39 is 0 Å². The van der Waals surface area contributed by atoms with Crippen molar-refractivity contribution >= 4 is 0 Å². The third kappa shape index (κ3) is 3.32. The van der Waals surface area contributed by atoms with E-state index in [1.807, 2.05) is 6.07 Å². The Morgan fingerprint density at radius 3 is 2.59 bits per heavy atom. The van der Waals surface area contributed by atoms with E-state index >= 15 is 0 Å². The summed E-state index contributed by atoms with van der Waals surface area (Å²) in [6.07, 6.45) is 0.944. The van der Waals surface area contributed by atoms with Gasteiger partial charge in [-0.3, -0.25) is 4.90 Å². The Hall–Kier alpha value is -2.40. The Morgan fingerprint density at radius 1 is 1.04 bits per heavy atom. The molecule has 0 radical (unpaired) electrons. The maximum absolute atomic E-state index is 6.27. The number of ether oxygens (including phenoxy) is 4. The van der Waals surface area contributed by atoms with Crippen LogP contribution in [0.25, 0.3) is 0 Å². The molecule has 0 saturated heterocycles. The summed E-state index contributed by atoms with van der Waals surface area (Å²) in [5.74, 6) is 3.76. The van der Waals surface area contributed by atoms with Crippen LogP contribution in [-0.2, 0) is 13.0 Å². The Morgan fingerprint density at radius 2 is 1.85 bits per heavy atom. The molecule has 27 heavy (non-hydrogen) atoms. The minimum absolute atomic E-state index is 0.293. The molecule has 1 atom stereocenters. The van der Waals surface area contributed by atoms with Crippen molar-refractivity contribution in [3.63, 3.8) is 0 Å². The van der Waals surface area contributed by atoms with Crippen molar-refractivity contribution < 1.29 is 18.9 Å². The lowest BCUT2D eigenvalue weighted by Crippen LogP contribution is -2.37. The molecule has 2 aromatic rings. The van der Waals surface area contributed by atoms with Crippen LogP contribution in [0.15, 0.2) is 30.3 Å². The number of hydrogen-bond acceptors (Lipinski definition) is 5. The molecule has 0 spiro atoms. The van der Waals surface area contributed by atoms with E-state index in [2.05, 4.69) is 43.0 Å². The molecule has 4 rings (SSSR count). The molecule has 5 heteroatoms. The summed E-state index contributed by atoms with van der Waals surface area (Å²) in [4.78, 5) is 2.31. The number of nitrogens with zero attached hydrogens (tertiary/aromatic N) is 1. The van der Waals surface area contributed by atoms with Crippen LogP contribution in [0.2, 0.25) is 0 Å². The van der Waals surface area contributed by atoms with Crippen LogP contribution in [0, 0.1) is 0 Å². The lowest BCUT2D eigenvalue weighted by atomic mass is 9.88. The molecule has 0 bridgehead atoms. The lowest BCUT2D eigenvalue weighted by molar-refractivity contribution is 0.0658. The van der Waals surface area contributed by atoms with E-state index in [0.717, 1.165) is 36.0 Å². The average molecular weight is 369 g/mol. The highest BCUT2D eigenvalue weighted by molar-refractivity contribution is 5.53. The highest BCUT2D eigenvalue weighted by Crippen LogP contribution is 2.42. The summed E-state index contributed by atoms with van der Waals surface area (Å²) < 4.78 is 23.0. The minimum atomic E-state index is 0.293. The Balaban J connectivity index is 1.60. The zero-order valence-corrected chi connectivity index (χ0v) is 16.5. The predicted molar refractivity (Wildman–Crippen MR) is 104 cm³/mol. The fourth-order valence-electron chi connectivity index (χ4n) is 3.85. The standard InChI is InChI=1S/C22H27NO4/c1-14(2)23-11-18-19(27-13-23)7-6-16-9-17(12-26-22(16)18)15-5-8-20(24-3)21(10-15)25-4/h5-8,10,14,17H,9,11-13H2,1-4H3. The number of rotatable bonds is 4. The van der Waals surface area contributed by atoms with Crippen molar-refractivity contribution in [3.8, 4) is 23.0 Å². The van der Waals surface area contributed by atoms with Gasteiger partial charge >= 0.3 is 0 Å². The molecule has 2 heterocycles. The molecular weight excluding hydrogens is 342 g/mol. The number of methoxy groups -OCH3 is 2. The quantitative estimate of drug-likeness (QED) is 0.815. The first-order valence-electron chi connectivity index (χ1n) is 9.47. The molecule has 144 valence electrons. The predicted octanol–water partition coefficient (Wildman–Crippen LogP) is 3.98. The van der Waals surface area contributed by atoms with Crippen LogP contribution in [-0.4, -0.2) is 38.5 Å². The van der Waals surface area contributed by atoms with Gasteiger partial charge in [0.05, 0.1) is 26.4 Å². The molecule has 5 nitrogen and oxygen atoms in total. The monoisotopic (exact) mass is 369 g/mol. The summed E-state index contributed by atoms with van der Waals surface area (Å²) in [5.41, 5.74) is 3.63. The first-order valence-corrected chi connectivity index (χ1v) is 9.47. The van der Waals surface area contributed by atoms with E-state index in [-0.39, 0.29) is 0 Å². The molecule has 0 saturated carbocycles. The molecule has 1 unspecified atom stereocenters. The number of benzene rings is 2. The van der Waals surface area contributed by atoms with E-state index in [9.17, 15) is 0 Å². The highest BCUT2D eigenvalue weighted by Gasteiger charge is 2.29. The zero-order valence-electron chi connectivity index (χ0n) is 16.5. The molecule has 0 fully saturated rings. The third-order valence-corrected chi connectivity index (χ3v) is 5.55. The van der Waals surface area contributed by atoms with Gasteiger partial charge in [-0.2, -0.15) is 0 Å². The van der Waals surface area contributed by atoms with E-state index in [4.69, 9.17) is 18.9 Å². The van der Waals surface area contributed by atoms with Crippen molar-refractivity contribution in [1.82, 2.24) is 4.90 Å². The SMILES string of the molecule is COc1ccc(C2COc3c(ccc4c3CN(C(C)C)CO4)C2)cc1OC. The van der Waals surface area contributed by atoms with Gasteiger partial charge in [-0.05, 0) is 49.6 Å². The second-order valence-electron chi connectivity index (χ2n) is 7.47. The second kappa shape index (κ2) is 7.31. The van der Waals surface area contributed by atoms with Crippen LogP contribution >= 0.6 is 0 Å². The molecular formula is C22H27NO4. The largest absolute Gasteiger partial charge is 0.493 e. The Labute approximate surface area is 160 Å². The van der Waals surface area contributed by atoms with Crippen LogP contribution < -0.4 is 18.9 Å². The summed E-state index contributed by atoms with van der Waals surface area (Å²) in [5, 5.41) is 0. The highest BCUT2D eigenvalue weighted by atomic mass is 16.5. The van der Waals surface area contributed by atoms with Crippen LogP contribution in [0.4, 0.5) is 0 Å². The fourth-order valence-corrected chi connectivity index (χ4v) is 3.85. The molecule has 2 aliphatic heterocycles. The molecule has 2 aromatic carbocycles. The van der Waals surface area contributed by atoms with Gasteiger partial charge < -0.3 is 18.9 Å². The van der Waals surface area contributed by atoms with Gasteiger partial charge in [-0.25, -0.2) is 0 Å². The average Bonchev–Trinajstić information content (AvgIpc) is 2.72. The third-order valence-electron chi connectivity index (χ3n) is 5.55. The fraction of sp³-hybridized carbons (Fsp3) is 0.455. The van der Waals surface area contributed by atoms with Gasteiger partial charge in [0.15, 0.2) is 11.5 Å². The van der Waals surface area contributed by atoms with E-state index in [1.54, 1.807) is 14.2 Å². The second-order valence-corrected chi connectivity index (χ2v) is 7.47. The molecule has 2 aliphatic rings. The first-order chi connectivity index (χ1) is 13.1. The maximum Gasteiger partial charge on any atom is 0.160 e. The van der Waals surface area contributed by atoms with Gasteiger partial charge in [0.25, 0.3) is 0 Å². The number of hydrogen-bond donors (Lipinski definition) is 0. The summed E-state index contributed by atoms with van der Waals surface area (Å²) in [6, 6.07) is 10.8. The minimum Gasteiger partial charge on any atom is -0.493 e. The summed E-state index contributed by atoms with van der Waals surface area (Å²) >= 11 is 0. The Bertz CT molecular complexity index is 833. The summed E-state index contributed by atoms with van der Waals surface area (Å²) in [6.45, 7) is 6.55. The van der Waals surface area contributed by atoms with Crippen LogP contribution in [0.1, 0.15) is 36.5 Å². The zero-order chi connectivity index (χ0) is 19.0. The van der Waals surface area contributed by atoms with Gasteiger partial charge in [0.1, 0.15) is 18.2 Å². The lowest BCUT2D eigenvalue weighted by Gasteiger charge is -2.35. The van der Waals surface area contributed by atoms with Gasteiger partial charge in [-0.1, -0.05) is 12.1 Å².